The van der Waals surface area contributed by atoms with Gasteiger partial charge < -0.3 is 4.40 Å². The monoisotopic (exact) mass is 774 g/mol. The number of nitrogens with zero attached hydrogens (tertiary/aromatic N) is 2. The molecule has 292 valence electrons. The lowest BCUT2D eigenvalue weighted by molar-refractivity contribution is 0.00322. The van der Waals surface area contributed by atoms with Crippen LogP contribution in [0, 0.1) is 47.3 Å². The molecule has 1 spiro atoms. The zero-order valence-corrected chi connectivity index (χ0v) is 35.1. The van der Waals surface area contributed by atoms with E-state index in [1.807, 2.05) is 0 Å². The maximum absolute atomic E-state index is 11.2. The lowest BCUT2D eigenvalue weighted by atomic mass is 9.56. The van der Waals surface area contributed by atoms with Crippen molar-refractivity contribution in [1.29, 1.82) is 5.26 Å². The van der Waals surface area contributed by atoms with Gasteiger partial charge in [-0.3, -0.25) is 0 Å². The average Bonchev–Trinajstić information content (AvgIpc) is 3.95. The molecule has 0 saturated heterocycles. The van der Waals surface area contributed by atoms with Gasteiger partial charge in [-0.25, -0.2) is 0 Å². The maximum atomic E-state index is 11.2. The molecule has 7 bridgehead atoms. The van der Waals surface area contributed by atoms with Gasteiger partial charge in [-0.15, -0.1) is 0 Å². The third-order valence-electron chi connectivity index (χ3n) is 19.8. The minimum atomic E-state index is -0.0960. The molecule has 6 aromatic carbocycles. The topological polar surface area (TPSA) is 28.2 Å². The molecule has 2 aromatic heterocycles. The number of benzene rings is 6. The van der Waals surface area contributed by atoms with E-state index in [-0.39, 0.29) is 5.41 Å². The summed E-state index contributed by atoms with van der Waals surface area (Å²) in [4.78, 5) is 0. The second-order valence-corrected chi connectivity index (χ2v) is 22.4. The van der Waals surface area contributed by atoms with Crippen LogP contribution in [0.25, 0.3) is 71.1 Å². The first kappa shape index (κ1) is 32.6. The first-order valence-corrected chi connectivity index (χ1v) is 23.7. The number of aryl methyl sites for hydroxylation is 1. The van der Waals surface area contributed by atoms with Crippen molar-refractivity contribution in [2.24, 2.45) is 29.1 Å². The smallest absolute Gasteiger partial charge is 0.0995 e. The van der Waals surface area contributed by atoms with E-state index in [0.29, 0.717) is 29.1 Å². The predicted molar refractivity (Wildman–Crippen MR) is 245 cm³/mol. The van der Waals surface area contributed by atoms with Crippen LogP contribution in [0.2, 0.25) is 0 Å². The summed E-state index contributed by atoms with van der Waals surface area (Å²) in [7, 11) is 0. The molecule has 0 radical (unpaired) electrons. The van der Waals surface area contributed by atoms with Gasteiger partial charge in [0.1, 0.15) is 0 Å². The largest absolute Gasteiger partial charge is 0.308 e. The van der Waals surface area contributed by atoms with Gasteiger partial charge >= 0.3 is 0 Å². The highest BCUT2D eigenvalue weighted by Gasteiger charge is 2.66. The number of aromatic nitrogens is 1. The van der Waals surface area contributed by atoms with Crippen molar-refractivity contribution in [1.82, 2.24) is 4.40 Å². The standard InChI is InChI=1S/C58H50N2/c1-28-42(43-24-46-53(40-9-5-4-8-39(40)43)41-10-6-7-11-45(41)57(46,2)3)23-44-54-47(13-12-38-31-15-29-14-30(16-31)18-32(17-29)51(38)54)60-48-21-35(27-59)50-33-19-36-22-37-20-34(26-58(36,37)25-33)52(50)55(48)49(28)56(44)60/h4-13,21,23-24,29-34,36-37H,14-20,22,25-26H2,1-3H3. The van der Waals surface area contributed by atoms with Crippen LogP contribution in [0.3, 0.4) is 0 Å². The third kappa shape index (κ3) is 3.49. The number of fused-ring (bicyclic) bond motifs is 17. The highest BCUT2D eigenvalue weighted by Crippen LogP contribution is 2.77. The van der Waals surface area contributed by atoms with Crippen molar-refractivity contribution < 1.29 is 0 Å². The molecule has 5 saturated carbocycles. The Bertz CT molecular complexity index is 3390. The number of nitriles is 1. The van der Waals surface area contributed by atoms with Gasteiger partial charge in [0, 0.05) is 27.0 Å². The molecule has 0 amide bonds. The normalized spacial score (nSPS) is 31.8. The van der Waals surface area contributed by atoms with Gasteiger partial charge in [-0.05, 0) is 220 Å². The van der Waals surface area contributed by atoms with Crippen LogP contribution in [0.5, 0.6) is 0 Å². The Morgan fingerprint density at radius 1 is 0.583 bits per heavy atom. The summed E-state index contributed by atoms with van der Waals surface area (Å²) in [6, 6.07) is 34.2. The first-order chi connectivity index (χ1) is 29.3. The molecule has 9 aliphatic carbocycles. The second-order valence-electron chi connectivity index (χ2n) is 22.4. The van der Waals surface area contributed by atoms with E-state index in [0.717, 1.165) is 29.2 Å². The van der Waals surface area contributed by atoms with E-state index in [1.165, 1.54) is 152 Å². The lowest BCUT2D eigenvalue weighted by Crippen LogP contribution is -2.41. The highest BCUT2D eigenvalue weighted by molar-refractivity contribution is 6.28. The Kier molecular flexibility index (Phi) is 5.60. The summed E-state index contributed by atoms with van der Waals surface area (Å²) >= 11 is 0. The van der Waals surface area contributed by atoms with E-state index in [1.54, 1.807) is 22.1 Å². The summed E-state index contributed by atoms with van der Waals surface area (Å²) in [6.07, 6.45) is 13.6. The van der Waals surface area contributed by atoms with Crippen LogP contribution < -0.4 is 0 Å². The van der Waals surface area contributed by atoms with Gasteiger partial charge in [0.15, 0.2) is 0 Å². The Morgan fingerprint density at radius 2 is 1.32 bits per heavy atom. The molecule has 2 heterocycles. The Balaban J connectivity index is 1.09. The van der Waals surface area contributed by atoms with Gasteiger partial charge in [0.2, 0.25) is 0 Å². The fourth-order valence-corrected chi connectivity index (χ4v) is 17.9. The average molecular weight is 775 g/mol. The molecular formula is C58H50N2. The van der Waals surface area contributed by atoms with E-state index in [9.17, 15) is 5.26 Å². The van der Waals surface area contributed by atoms with Crippen molar-refractivity contribution in [3.8, 4) is 28.3 Å². The molecule has 7 atom stereocenters. The van der Waals surface area contributed by atoms with Crippen molar-refractivity contribution in [2.45, 2.75) is 114 Å². The predicted octanol–water partition coefficient (Wildman–Crippen LogP) is 14.9. The Labute approximate surface area is 351 Å². The molecule has 7 unspecified atom stereocenters. The molecule has 8 aromatic rings. The van der Waals surface area contributed by atoms with E-state index < -0.39 is 0 Å². The Morgan fingerprint density at radius 3 is 2.12 bits per heavy atom. The van der Waals surface area contributed by atoms with E-state index in [2.05, 4.69) is 110 Å². The van der Waals surface area contributed by atoms with Gasteiger partial charge in [0.05, 0.1) is 28.2 Å². The van der Waals surface area contributed by atoms with Gasteiger partial charge in [0.25, 0.3) is 0 Å². The van der Waals surface area contributed by atoms with Crippen LogP contribution in [-0.2, 0) is 5.41 Å². The van der Waals surface area contributed by atoms with Crippen molar-refractivity contribution in [3.05, 3.63) is 123 Å². The third-order valence-corrected chi connectivity index (χ3v) is 19.8. The molecule has 2 nitrogen and oxygen atoms in total. The van der Waals surface area contributed by atoms with Crippen molar-refractivity contribution in [3.63, 3.8) is 0 Å². The molecular weight excluding hydrogens is 725 g/mol. The van der Waals surface area contributed by atoms with E-state index >= 15 is 0 Å². The second kappa shape index (κ2) is 10.3. The minimum Gasteiger partial charge on any atom is -0.308 e. The van der Waals surface area contributed by atoms with Crippen LogP contribution >= 0.6 is 0 Å². The highest BCUT2D eigenvalue weighted by atomic mass is 14.9. The zero-order chi connectivity index (χ0) is 39.3. The number of rotatable bonds is 1. The molecule has 0 N–H and O–H groups in total. The van der Waals surface area contributed by atoms with E-state index in [4.69, 9.17) is 0 Å². The maximum Gasteiger partial charge on any atom is 0.0995 e. The minimum absolute atomic E-state index is 0.0960. The number of hydrogen-bond donors (Lipinski definition) is 0. The zero-order valence-electron chi connectivity index (χ0n) is 35.1. The molecule has 0 aliphatic heterocycles. The van der Waals surface area contributed by atoms with Crippen LogP contribution in [0.15, 0.2) is 78.9 Å². The number of hydrogen-bond acceptors (Lipinski definition) is 1. The fraction of sp³-hybridized carbons (Fsp3) is 0.397. The molecule has 17 rings (SSSR count). The molecule has 5 fully saturated rings. The van der Waals surface area contributed by atoms with Gasteiger partial charge in [-0.1, -0.05) is 68.4 Å². The van der Waals surface area contributed by atoms with Crippen LogP contribution in [0.4, 0.5) is 0 Å². The SMILES string of the molecule is Cc1c(-c2cc3c(c4ccccc24)-c2ccccc2C3(C)C)cc2c3c4c(ccc3n3c5cc(C#N)c6c(c5c1c23)C1CC2CC3CC6CC32C1)C1CC2CC(C1)CC4C2. The van der Waals surface area contributed by atoms with Crippen molar-refractivity contribution in [2.75, 3.05) is 0 Å². The lowest BCUT2D eigenvalue weighted by Gasteiger charge is -2.48. The summed E-state index contributed by atoms with van der Waals surface area (Å²) in [5, 5.41) is 19.9. The molecule has 9 aliphatic rings. The molecule has 2 heteroatoms. The van der Waals surface area contributed by atoms with Crippen LogP contribution in [0.1, 0.15) is 146 Å². The summed E-state index contributed by atoms with van der Waals surface area (Å²) < 4.78 is 2.71. The van der Waals surface area contributed by atoms with Gasteiger partial charge in [-0.2, -0.15) is 5.26 Å². The summed E-state index contributed by atoms with van der Waals surface area (Å²) in [6.45, 7) is 7.37. The summed E-state index contributed by atoms with van der Waals surface area (Å²) in [5.41, 5.74) is 21.9. The first-order valence-electron chi connectivity index (χ1n) is 23.7. The quantitative estimate of drug-likeness (QED) is 0.163. The Hall–Kier alpha value is -5.13. The fourth-order valence-electron chi connectivity index (χ4n) is 17.9. The van der Waals surface area contributed by atoms with Crippen molar-refractivity contribution >= 4 is 48.9 Å². The summed E-state index contributed by atoms with van der Waals surface area (Å²) in [5.74, 6) is 5.93. The molecule has 60 heavy (non-hydrogen) atoms. The van der Waals surface area contributed by atoms with Crippen LogP contribution in [-0.4, -0.2) is 4.40 Å².